The largest absolute Gasteiger partial charge is 0.417 e. The van der Waals surface area contributed by atoms with Crippen LogP contribution in [0.4, 0.5) is 13.2 Å². The van der Waals surface area contributed by atoms with Crippen molar-refractivity contribution in [3.63, 3.8) is 0 Å². The molecule has 0 aliphatic rings. The quantitative estimate of drug-likeness (QED) is 0.602. The number of nitrogens with zero attached hydrogens (tertiary/aromatic N) is 1. The van der Waals surface area contributed by atoms with Crippen LogP contribution >= 0.6 is 0 Å². The van der Waals surface area contributed by atoms with Gasteiger partial charge in [-0.2, -0.15) is 13.2 Å². The minimum atomic E-state index is -4.39. The van der Waals surface area contributed by atoms with E-state index < -0.39 is 17.8 Å². The highest BCUT2D eigenvalue weighted by atomic mass is 19.4. The summed E-state index contributed by atoms with van der Waals surface area (Å²) in [6.07, 6.45) is -4.98. The van der Waals surface area contributed by atoms with Gasteiger partial charge >= 0.3 is 6.18 Å². The minimum Gasteiger partial charge on any atom is -0.387 e. The van der Waals surface area contributed by atoms with Crippen LogP contribution in [0.15, 0.2) is 78.9 Å². The maximum absolute atomic E-state index is 13.2. The molecule has 0 radical (unpaired) electrons. The van der Waals surface area contributed by atoms with E-state index >= 15 is 0 Å². The molecule has 0 heterocycles. The van der Waals surface area contributed by atoms with E-state index in [1.54, 1.807) is 18.2 Å². The Morgan fingerprint density at radius 3 is 2.11 bits per heavy atom. The Kier molecular flexibility index (Phi) is 6.17. The first-order chi connectivity index (χ1) is 13.3. The van der Waals surface area contributed by atoms with Gasteiger partial charge in [-0.15, -0.1) is 0 Å². The maximum atomic E-state index is 13.2. The van der Waals surface area contributed by atoms with Crippen LogP contribution in [-0.2, 0) is 12.7 Å². The standard InChI is InChI=1S/C23H22F3NO/c1-27(16-22(28)19-7-3-2-4-8-19)15-17-11-13-18(14-12-17)20-9-5-6-10-21(20)23(24,25)26/h2-14,22,28H,15-16H2,1H3/t22-/m0/s1. The Hall–Kier alpha value is -2.63. The second kappa shape index (κ2) is 8.59. The molecule has 1 atom stereocenters. The first-order valence-electron chi connectivity index (χ1n) is 9.01. The highest BCUT2D eigenvalue weighted by Crippen LogP contribution is 2.36. The summed E-state index contributed by atoms with van der Waals surface area (Å²) in [6.45, 7) is 1.05. The Morgan fingerprint density at radius 1 is 0.857 bits per heavy atom. The Labute approximate surface area is 162 Å². The second-order valence-corrected chi connectivity index (χ2v) is 6.86. The summed E-state index contributed by atoms with van der Waals surface area (Å²) in [5.41, 5.74) is 1.90. The average Bonchev–Trinajstić information content (AvgIpc) is 2.68. The Balaban J connectivity index is 1.68. The van der Waals surface area contributed by atoms with Crippen LogP contribution in [-0.4, -0.2) is 23.6 Å². The Morgan fingerprint density at radius 2 is 1.46 bits per heavy atom. The third kappa shape index (κ3) is 5.00. The van der Waals surface area contributed by atoms with Crippen molar-refractivity contribution < 1.29 is 18.3 Å². The zero-order valence-electron chi connectivity index (χ0n) is 15.5. The molecule has 5 heteroatoms. The zero-order chi connectivity index (χ0) is 20.1. The smallest absolute Gasteiger partial charge is 0.387 e. The van der Waals surface area contributed by atoms with Crippen LogP contribution in [0.3, 0.4) is 0 Å². The van der Waals surface area contributed by atoms with Crippen LogP contribution < -0.4 is 0 Å². The summed E-state index contributed by atoms with van der Waals surface area (Å²) >= 11 is 0. The maximum Gasteiger partial charge on any atom is 0.417 e. The lowest BCUT2D eigenvalue weighted by molar-refractivity contribution is -0.137. The van der Waals surface area contributed by atoms with Crippen molar-refractivity contribution in [1.82, 2.24) is 4.90 Å². The summed E-state index contributed by atoms with van der Waals surface area (Å²) in [6, 6.07) is 22.1. The SMILES string of the molecule is CN(Cc1ccc(-c2ccccc2C(F)(F)F)cc1)C[C@H](O)c1ccccc1. The van der Waals surface area contributed by atoms with Crippen molar-refractivity contribution >= 4 is 0 Å². The lowest BCUT2D eigenvalue weighted by Gasteiger charge is -2.21. The lowest BCUT2D eigenvalue weighted by atomic mass is 9.98. The van der Waals surface area contributed by atoms with Gasteiger partial charge in [0.05, 0.1) is 11.7 Å². The molecule has 0 fully saturated rings. The molecule has 0 amide bonds. The number of likely N-dealkylation sites (N-methyl/N-ethyl adjacent to an activating group) is 1. The van der Waals surface area contributed by atoms with E-state index in [1.807, 2.05) is 54.4 Å². The van der Waals surface area contributed by atoms with Gasteiger partial charge in [0.25, 0.3) is 0 Å². The van der Waals surface area contributed by atoms with Gasteiger partial charge < -0.3 is 5.11 Å². The molecule has 0 saturated carbocycles. The molecule has 3 aromatic rings. The average molecular weight is 385 g/mol. The number of rotatable bonds is 6. The number of benzene rings is 3. The fourth-order valence-electron chi connectivity index (χ4n) is 3.22. The van der Waals surface area contributed by atoms with Crippen LogP contribution in [0.1, 0.15) is 22.8 Å². The van der Waals surface area contributed by atoms with E-state index in [0.717, 1.165) is 17.2 Å². The molecule has 0 aliphatic heterocycles. The summed E-state index contributed by atoms with van der Waals surface area (Å²) < 4.78 is 39.6. The van der Waals surface area contributed by atoms with E-state index in [4.69, 9.17) is 0 Å². The summed E-state index contributed by atoms with van der Waals surface area (Å²) in [7, 11) is 1.90. The van der Waals surface area contributed by atoms with Crippen molar-refractivity contribution in [1.29, 1.82) is 0 Å². The normalized spacial score (nSPS) is 12.9. The fraction of sp³-hybridized carbons (Fsp3) is 0.217. The third-order valence-electron chi connectivity index (χ3n) is 4.62. The molecule has 0 bridgehead atoms. The predicted molar refractivity (Wildman–Crippen MR) is 105 cm³/mol. The van der Waals surface area contributed by atoms with Gasteiger partial charge in [0.1, 0.15) is 0 Å². The topological polar surface area (TPSA) is 23.5 Å². The van der Waals surface area contributed by atoms with Crippen molar-refractivity contribution in [2.75, 3.05) is 13.6 Å². The zero-order valence-corrected chi connectivity index (χ0v) is 15.5. The number of aliphatic hydroxyl groups excluding tert-OH is 1. The molecule has 146 valence electrons. The van der Waals surface area contributed by atoms with Crippen LogP contribution in [0.5, 0.6) is 0 Å². The molecule has 0 aromatic heterocycles. The molecule has 1 N–H and O–H groups in total. The third-order valence-corrected chi connectivity index (χ3v) is 4.62. The number of hydrogen-bond acceptors (Lipinski definition) is 2. The van der Waals surface area contributed by atoms with Gasteiger partial charge in [0.15, 0.2) is 0 Å². The van der Waals surface area contributed by atoms with Crippen LogP contribution in [0.2, 0.25) is 0 Å². The van der Waals surface area contributed by atoms with Gasteiger partial charge in [-0.25, -0.2) is 0 Å². The number of halogens is 3. The molecular weight excluding hydrogens is 363 g/mol. The van der Waals surface area contributed by atoms with Crippen molar-refractivity contribution in [3.8, 4) is 11.1 Å². The molecule has 28 heavy (non-hydrogen) atoms. The molecular formula is C23H22F3NO. The van der Waals surface area contributed by atoms with E-state index in [0.29, 0.717) is 18.7 Å². The molecule has 3 rings (SSSR count). The van der Waals surface area contributed by atoms with Crippen LogP contribution in [0, 0.1) is 0 Å². The molecule has 0 unspecified atom stereocenters. The van der Waals surface area contributed by atoms with Crippen molar-refractivity contribution in [2.24, 2.45) is 0 Å². The number of hydrogen-bond donors (Lipinski definition) is 1. The first kappa shape index (κ1) is 20.1. The van der Waals surface area contributed by atoms with E-state index in [2.05, 4.69) is 0 Å². The molecule has 0 spiro atoms. The number of alkyl halides is 3. The van der Waals surface area contributed by atoms with Crippen molar-refractivity contribution in [2.45, 2.75) is 18.8 Å². The summed E-state index contributed by atoms with van der Waals surface area (Å²) in [4.78, 5) is 1.98. The van der Waals surface area contributed by atoms with Gasteiger partial charge in [0.2, 0.25) is 0 Å². The fourth-order valence-corrected chi connectivity index (χ4v) is 3.22. The number of aliphatic hydroxyl groups is 1. The lowest BCUT2D eigenvalue weighted by Crippen LogP contribution is -2.24. The highest BCUT2D eigenvalue weighted by Gasteiger charge is 2.33. The van der Waals surface area contributed by atoms with Gasteiger partial charge in [-0.3, -0.25) is 4.90 Å². The van der Waals surface area contributed by atoms with Crippen LogP contribution in [0.25, 0.3) is 11.1 Å². The predicted octanol–water partition coefficient (Wildman–Crippen LogP) is 5.54. The van der Waals surface area contributed by atoms with E-state index in [1.165, 1.54) is 12.1 Å². The highest BCUT2D eigenvalue weighted by molar-refractivity contribution is 5.68. The molecule has 2 nitrogen and oxygen atoms in total. The second-order valence-electron chi connectivity index (χ2n) is 6.86. The molecule has 3 aromatic carbocycles. The monoisotopic (exact) mass is 385 g/mol. The minimum absolute atomic E-state index is 0.175. The van der Waals surface area contributed by atoms with Gasteiger partial charge in [-0.05, 0) is 35.4 Å². The van der Waals surface area contributed by atoms with Gasteiger partial charge in [-0.1, -0.05) is 72.8 Å². The Bertz CT molecular complexity index is 892. The van der Waals surface area contributed by atoms with E-state index in [-0.39, 0.29) is 5.56 Å². The van der Waals surface area contributed by atoms with Crippen molar-refractivity contribution in [3.05, 3.63) is 95.6 Å². The van der Waals surface area contributed by atoms with Gasteiger partial charge in [0, 0.05) is 13.1 Å². The van der Waals surface area contributed by atoms with E-state index in [9.17, 15) is 18.3 Å². The summed E-state index contributed by atoms with van der Waals surface area (Å²) in [5, 5.41) is 10.3. The summed E-state index contributed by atoms with van der Waals surface area (Å²) in [5.74, 6) is 0. The molecule has 0 saturated heterocycles. The first-order valence-corrected chi connectivity index (χ1v) is 9.01. The molecule has 0 aliphatic carbocycles.